The number of nitrogens with one attached hydrogen (secondary N) is 2. The quantitative estimate of drug-likeness (QED) is 0.301. The van der Waals surface area contributed by atoms with E-state index < -0.39 is 54.5 Å². The Hall–Kier alpha value is -4.12. The fraction of sp³-hybridized carbons (Fsp3) is 0.385. The van der Waals surface area contributed by atoms with Gasteiger partial charge in [-0.2, -0.15) is 0 Å². The topological polar surface area (TPSA) is 171 Å². The number of phenols is 1. The van der Waals surface area contributed by atoms with Gasteiger partial charge in [0.15, 0.2) is 0 Å². The first kappa shape index (κ1) is 29.1. The lowest BCUT2D eigenvalue weighted by Crippen LogP contribution is -2.54. The predicted octanol–water partition coefficient (Wildman–Crippen LogP) is 1.34. The van der Waals surface area contributed by atoms with Gasteiger partial charge in [0.1, 0.15) is 23.4 Å². The number of hydrogen-bond donors (Lipinski definition) is 5. The summed E-state index contributed by atoms with van der Waals surface area (Å²) >= 11 is 0. The highest BCUT2D eigenvalue weighted by Gasteiger charge is 2.37. The van der Waals surface area contributed by atoms with Crippen molar-refractivity contribution in [2.24, 2.45) is 5.73 Å². The highest BCUT2D eigenvalue weighted by Crippen LogP contribution is 2.30. The Morgan fingerprint density at radius 1 is 1.03 bits per heavy atom. The van der Waals surface area contributed by atoms with Gasteiger partial charge in [-0.1, -0.05) is 48.5 Å². The van der Waals surface area contributed by atoms with Gasteiger partial charge in [-0.05, 0) is 32.4 Å². The first-order valence-corrected chi connectivity index (χ1v) is 11.7. The van der Waals surface area contributed by atoms with Crippen LogP contribution in [0.3, 0.4) is 0 Å². The SMILES string of the molecule is CC(C)(C)OC(=O)NC(CC(N)=O)C(=O)N(CCO)C(C(=O)NCc1ccccc1)c1ccccc1O. The number of nitrogens with zero attached hydrogens (tertiary/aromatic N) is 1. The average molecular weight is 515 g/mol. The van der Waals surface area contributed by atoms with Crippen molar-refractivity contribution in [1.29, 1.82) is 0 Å². The van der Waals surface area contributed by atoms with Gasteiger partial charge >= 0.3 is 6.09 Å². The molecule has 0 spiro atoms. The Kier molecular flexibility index (Phi) is 10.4. The Labute approximate surface area is 215 Å². The molecule has 0 aromatic heterocycles. The molecule has 11 heteroatoms. The molecule has 2 aromatic rings. The van der Waals surface area contributed by atoms with Crippen molar-refractivity contribution in [3.63, 3.8) is 0 Å². The monoisotopic (exact) mass is 514 g/mol. The average Bonchev–Trinajstić information content (AvgIpc) is 2.82. The number of nitrogens with two attached hydrogens (primary N) is 1. The van der Waals surface area contributed by atoms with Crippen molar-refractivity contribution in [3.8, 4) is 5.75 Å². The van der Waals surface area contributed by atoms with Crippen LogP contribution in [0.4, 0.5) is 4.79 Å². The largest absolute Gasteiger partial charge is 0.508 e. The number of aromatic hydroxyl groups is 1. The third kappa shape index (κ3) is 9.12. The zero-order chi connectivity index (χ0) is 27.6. The Morgan fingerprint density at radius 3 is 2.22 bits per heavy atom. The molecule has 6 N–H and O–H groups in total. The van der Waals surface area contributed by atoms with E-state index in [4.69, 9.17) is 10.5 Å². The van der Waals surface area contributed by atoms with E-state index in [2.05, 4.69) is 10.6 Å². The molecule has 2 atom stereocenters. The zero-order valence-electron chi connectivity index (χ0n) is 21.1. The minimum Gasteiger partial charge on any atom is -0.508 e. The van der Waals surface area contributed by atoms with Crippen LogP contribution in [-0.4, -0.2) is 63.7 Å². The lowest BCUT2D eigenvalue weighted by molar-refractivity contribution is -0.144. The van der Waals surface area contributed by atoms with E-state index in [1.54, 1.807) is 57.2 Å². The molecule has 0 heterocycles. The van der Waals surface area contributed by atoms with Crippen molar-refractivity contribution in [1.82, 2.24) is 15.5 Å². The third-order valence-corrected chi connectivity index (χ3v) is 5.12. The molecule has 2 aromatic carbocycles. The molecular weight excluding hydrogens is 480 g/mol. The number of hydrogen-bond acceptors (Lipinski definition) is 7. The zero-order valence-corrected chi connectivity index (χ0v) is 21.1. The summed E-state index contributed by atoms with van der Waals surface area (Å²) in [4.78, 5) is 52.2. The highest BCUT2D eigenvalue weighted by atomic mass is 16.6. The van der Waals surface area contributed by atoms with Crippen LogP contribution in [0.1, 0.15) is 44.4 Å². The van der Waals surface area contributed by atoms with E-state index in [9.17, 15) is 29.4 Å². The molecule has 0 saturated heterocycles. The molecule has 4 amide bonds. The molecule has 0 aliphatic carbocycles. The fourth-order valence-corrected chi connectivity index (χ4v) is 3.58. The molecule has 200 valence electrons. The maximum Gasteiger partial charge on any atom is 0.408 e. The van der Waals surface area contributed by atoms with E-state index in [1.165, 1.54) is 12.1 Å². The van der Waals surface area contributed by atoms with Gasteiger partial charge in [0.2, 0.25) is 17.7 Å². The second-order valence-corrected chi connectivity index (χ2v) is 9.29. The van der Waals surface area contributed by atoms with Crippen molar-refractivity contribution < 1.29 is 34.1 Å². The van der Waals surface area contributed by atoms with Crippen LogP contribution in [0.2, 0.25) is 0 Å². The van der Waals surface area contributed by atoms with Gasteiger partial charge in [0.25, 0.3) is 0 Å². The lowest BCUT2D eigenvalue weighted by Gasteiger charge is -2.34. The summed E-state index contributed by atoms with van der Waals surface area (Å²) in [6.45, 7) is 4.12. The number of alkyl carbamates (subject to hydrolysis) is 1. The lowest BCUT2D eigenvalue weighted by atomic mass is 10.0. The molecule has 0 aliphatic rings. The molecule has 0 radical (unpaired) electrons. The number of aliphatic hydroxyl groups excluding tert-OH is 1. The molecule has 0 saturated carbocycles. The number of phenolic OH excluding ortho intramolecular Hbond substituents is 1. The first-order chi connectivity index (χ1) is 17.4. The Bertz CT molecular complexity index is 1090. The van der Waals surface area contributed by atoms with Gasteiger partial charge in [0, 0.05) is 18.7 Å². The summed E-state index contributed by atoms with van der Waals surface area (Å²) in [7, 11) is 0. The summed E-state index contributed by atoms with van der Waals surface area (Å²) in [5.41, 5.74) is 5.32. The number of primary amides is 1. The molecule has 37 heavy (non-hydrogen) atoms. The minimum absolute atomic E-state index is 0.0879. The van der Waals surface area contributed by atoms with E-state index >= 15 is 0 Å². The number of para-hydroxylation sites is 1. The molecule has 0 bridgehead atoms. The normalized spacial score (nSPS) is 12.6. The van der Waals surface area contributed by atoms with E-state index in [0.29, 0.717) is 0 Å². The van der Waals surface area contributed by atoms with Crippen molar-refractivity contribution in [2.45, 2.75) is 51.4 Å². The first-order valence-electron chi connectivity index (χ1n) is 11.7. The maximum atomic E-state index is 13.6. The van der Waals surface area contributed by atoms with Gasteiger partial charge in [-0.25, -0.2) is 4.79 Å². The number of aliphatic hydroxyl groups is 1. The van der Waals surface area contributed by atoms with Gasteiger partial charge < -0.3 is 36.2 Å². The van der Waals surface area contributed by atoms with Crippen molar-refractivity contribution in [3.05, 3.63) is 65.7 Å². The van der Waals surface area contributed by atoms with E-state index in [0.717, 1.165) is 10.5 Å². The highest BCUT2D eigenvalue weighted by molar-refractivity contribution is 5.94. The number of rotatable bonds is 11. The van der Waals surface area contributed by atoms with E-state index in [-0.39, 0.29) is 24.4 Å². The van der Waals surface area contributed by atoms with Crippen LogP contribution in [0.15, 0.2) is 54.6 Å². The Morgan fingerprint density at radius 2 is 1.65 bits per heavy atom. The van der Waals surface area contributed by atoms with Crippen molar-refractivity contribution in [2.75, 3.05) is 13.2 Å². The summed E-state index contributed by atoms with van der Waals surface area (Å²) in [5.74, 6) is -2.67. The van der Waals surface area contributed by atoms with Gasteiger partial charge in [0.05, 0.1) is 13.0 Å². The molecule has 11 nitrogen and oxygen atoms in total. The number of ether oxygens (including phenoxy) is 1. The Balaban J connectivity index is 2.44. The van der Waals surface area contributed by atoms with Gasteiger partial charge in [-0.15, -0.1) is 0 Å². The molecule has 0 aliphatic heterocycles. The van der Waals surface area contributed by atoms with Gasteiger partial charge in [-0.3, -0.25) is 14.4 Å². The molecule has 2 rings (SSSR count). The predicted molar refractivity (Wildman–Crippen MR) is 135 cm³/mol. The fourth-order valence-electron chi connectivity index (χ4n) is 3.58. The molecular formula is C26H34N4O7. The second-order valence-electron chi connectivity index (χ2n) is 9.29. The standard InChI is InChI=1S/C26H34N4O7/c1-26(2,3)37-25(36)29-19(15-21(27)33)24(35)30(13-14-31)22(18-11-7-8-12-20(18)32)23(34)28-16-17-9-5-4-6-10-17/h4-12,19,22,31-32H,13-16H2,1-3H3,(H2,27,33)(H,28,34)(H,29,36). The van der Waals surface area contributed by atoms with Crippen LogP contribution in [0.25, 0.3) is 0 Å². The van der Waals surface area contributed by atoms with Crippen LogP contribution < -0.4 is 16.4 Å². The second kappa shape index (κ2) is 13.3. The maximum absolute atomic E-state index is 13.6. The number of amides is 4. The molecule has 2 unspecified atom stereocenters. The third-order valence-electron chi connectivity index (χ3n) is 5.12. The van der Waals surface area contributed by atoms with Crippen LogP contribution in [0.5, 0.6) is 5.75 Å². The number of benzene rings is 2. The molecule has 0 fully saturated rings. The van der Waals surface area contributed by atoms with Crippen molar-refractivity contribution >= 4 is 23.8 Å². The van der Waals surface area contributed by atoms with Crippen LogP contribution in [0, 0.1) is 0 Å². The number of carbonyl (C=O) groups is 4. The number of carbonyl (C=O) groups excluding carboxylic acids is 4. The van der Waals surface area contributed by atoms with E-state index in [1.807, 2.05) is 6.07 Å². The smallest absolute Gasteiger partial charge is 0.408 e. The summed E-state index contributed by atoms with van der Waals surface area (Å²) in [6.07, 6.45) is -1.55. The summed E-state index contributed by atoms with van der Waals surface area (Å²) < 4.78 is 5.20. The summed E-state index contributed by atoms with van der Waals surface area (Å²) in [6, 6.07) is 12.1. The van der Waals surface area contributed by atoms with Crippen LogP contribution in [-0.2, 0) is 25.7 Å². The van der Waals surface area contributed by atoms with Crippen LogP contribution >= 0.6 is 0 Å². The minimum atomic E-state index is -1.49. The summed E-state index contributed by atoms with van der Waals surface area (Å²) in [5, 5.41) is 25.3.